The van der Waals surface area contributed by atoms with Crippen molar-refractivity contribution in [1.29, 1.82) is 0 Å². The van der Waals surface area contributed by atoms with Crippen molar-refractivity contribution in [3.8, 4) is 5.75 Å². The van der Waals surface area contributed by atoms with Crippen LogP contribution in [0.15, 0.2) is 42.5 Å². The molecule has 0 aliphatic heterocycles. The molecular formula is C19H19Cl2NO4. The van der Waals surface area contributed by atoms with Crippen LogP contribution in [0.25, 0.3) is 0 Å². The van der Waals surface area contributed by atoms with E-state index in [2.05, 4.69) is 5.32 Å². The number of carbonyl (C=O) groups is 2. The Labute approximate surface area is 162 Å². The first-order chi connectivity index (χ1) is 12.5. The Balaban J connectivity index is 2.10. The van der Waals surface area contributed by atoms with Gasteiger partial charge in [-0.2, -0.15) is 0 Å². The topological polar surface area (TPSA) is 64.6 Å². The third-order valence-electron chi connectivity index (χ3n) is 3.51. The average Bonchev–Trinajstić information content (AvgIpc) is 2.62. The second-order valence-corrected chi connectivity index (χ2v) is 6.16. The summed E-state index contributed by atoms with van der Waals surface area (Å²) in [4.78, 5) is 24.2. The van der Waals surface area contributed by atoms with Crippen LogP contribution < -0.4 is 10.1 Å². The molecule has 1 unspecified atom stereocenters. The maximum Gasteiger partial charge on any atom is 0.338 e. The van der Waals surface area contributed by atoms with Crippen molar-refractivity contribution in [2.45, 2.75) is 26.4 Å². The smallest absolute Gasteiger partial charge is 0.338 e. The zero-order valence-electron chi connectivity index (χ0n) is 14.4. The first-order valence-corrected chi connectivity index (χ1v) is 8.90. The maximum atomic E-state index is 12.5. The van der Waals surface area contributed by atoms with E-state index in [1.54, 1.807) is 37.3 Å². The lowest BCUT2D eigenvalue weighted by Crippen LogP contribution is -2.32. The number of ether oxygens (including phenoxy) is 2. The number of benzene rings is 2. The van der Waals surface area contributed by atoms with Crippen LogP contribution in [0.5, 0.6) is 5.75 Å². The minimum atomic E-state index is -0.740. The molecule has 2 rings (SSSR count). The van der Waals surface area contributed by atoms with E-state index in [9.17, 15) is 9.59 Å². The van der Waals surface area contributed by atoms with Crippen molar-refractivity contribution in [2.24, 2.45) is 0 Å². The number of anilines is 1. The van der Waals surface area contributed by atoms with E-state index in [0.717, 1.165) is 0 Å². The highest BCUT2D eigenvalue weighted by Gasteiger charge is 2.21. The molecule has 26 heavy (non-hydrogen) atoms. The van der Waals surface area contributed by atoms with Crippen LogP contribution >= 0.6 is 23.2 Å². The number of amides is 1. The van der Waals surface area contributed by atoms with E-state index in [1.807, 2.05) is 6.92 Å². The molecule has 5 nitrogen and oxygen atoms in total. The van der Waals surface area contributed by atoms with Gasteiger partial charge in [0, 0.05) is 0 Å². The number of halogens is 2. The van der Waals surface area contributed by atoms with Gasteiger partial charge in [0.05, 0.1) is 27.9 Å². The number of hydrogen-bond donors (Lipinski definition) is 1. The van der Waals surface area contributed by atoms with E-state index < -0.39 is 12.1 Å². The van der Waals surface area contributed by atoms with Gasteiger partial charge in [0.15, 0.2) is 6.10 Å². The predicted molar refractivity (Wildman–Crippen MR) is 102 cm³/mol. The lowest BCUT2D eigenvalue weighted by molar-refractivity contribution is -0.122. The summed E-state index contributed by atoms with van der Waals surface area (Å²) < 4.78 is 10.6. The fourth-order valence-electron chi connectivity index (χ4n) is 2.19. The Morgan fingerprint density at radius 3 is 2.42 bits per heavy atom. The molecule has 1 atom stereocenters. The summed E-state index contributed by atoms with van der Waals surface area (Å²) in [6.07, 6.45) is -0.300. The first kappa shape index (κ1) is 20.1. The molecule has 1 amide bonds. The third-order valence-corrected chi connectivity index (χ3v) is 4.13. The Morgan fingerprint density at radius 2 is 1.81 bits per heavy atom. The largest absolute Gasteiger partial charge is 0.479 e. The van der Waals surface area contributed by atoms with Crippen LogP contribution in [0, 0.1) is 0 Å². The quantitative estimate of drug-likeness (QED) is 0.672. The van der Waals surface area contributed by atoms with Crippen molar-refractivity contribution in [3.05, 3.63) is 58.1 Å². The number of carbonyl (C=O) groups excluding carboxylic acids is 2. The Hall–Kier alpha value is -2.24. The van der Waals surface area contributed by atoms with Gasteiger partial charge in [-0.1, -0.05) is 42.3 Å². The normalized spacial score (nSPS) is 11.5. The molecule has 0 fully saturated rings. The van der Waals surface area contributed by atoms with Crippen LogP contribution in [-0.2, 0) is 9.53 Å². The number of rotatable bonds is 7. The molecular weight excluding hydrogens is 377 g/mol. The summed E-state index contributed by atoms with van der Waals surface area (Å²) in [6, 6.07) is 11.5. The molecule has 0 radical (unpaired) electrons. The third kappa shape index (κ3) is 5.13. The van der Waals surface area contributed by atoms with Gasteiger partial charge in [0.1, 0.15) is 5.75 Å². The number of esters is 1. The highest BCUT2D eigenvalue weighted by atomic mass is 35.5. The highest BCUT2D eigenvalue weighted by molar-refractivity contribution is 6.34. The second-order valence-electron chi connectivity index (χ2n) is 5.35. The van der Waals surface area contributed by atoms with Gasteiger partial charge in [-0.15, -0.1) is 0 Å². The second kappa shape index (κ2) is 9.46. The molecule has 2 aromatic rings. The molecule has 2 aromatic carbocycles. The Bertz CT molecular complexity index is 795. The molecule has 7 heteroatoms. The molecule has 0 saturated carbocycles. The van der Waals surface area contributed by atoms with Crippen LogP contribution in [0.1, 0.15) is 30.6 Å². The van der Waals surface area contributed by atoms with Crippen LogP contribution in [0.2, 0.25) is 10.0 Å². The van der Waals surface area contributed by atoms with Crippen molar-refractivity contribution < 1.29 is 19.1 Å². The monoisotopic (exact) mass is 395 g/mol. The number of nitrogens with one attached hydrogen (secondary N) is 1. The van der Waals surface area contributed by atoms with Gasteiger partial charge in [-0.25, -0.2) is 4.79 Å². The first-order valence-electron chi connectivity index (χ1n) is 8.15. The predicted octanol–water partition coefficient (Wildman–Crippen LogP) is 4.97. The minimum absolute atomic E-state index is 0.233. The van der Waals surface area contributed by atoms with E-state index in [4.69, 9.17) is 32.7 Å². The van der Waals surface area contributed by atoms with Crippen LogP contribution in [0.3, 0.4) is 0 Å². The summed E-state index contributed by atoms with van der Waals surface area (Å²) in [5.74, 6) is -0.404. The lowest BCUT2D eigenvalue weighted by Gasteiger charge is -2.18. The molecule has 0 aliphatic rings. The van der Waals surface area contributed by atoms with Crippen LogP contribution in [0.4, 0.5) is 5.69 Å². The summed E-state index contributed by atoms with van der Waals surface area (Å²) in [5.41, 5.74) is 0.695. The fourth-order valence-corrected chi connectivity index (χ4v) is 2.59. The van der Waals surface area contributed by atoms with Gasteiger partial charge in [0.25, 0.3) is 5.91 Å². The molecule has 0 aromatic heterocycles. The molecule has 138 valence electrons. The van der Waals surface area contributed by atoms with E-state index >= 15 is 0 Å². The molecule has 0 spiro atoms. The number of hydrogen-bond acceptors (Lipinski definition) is 4. The number of para-hydroxylation sites is 1. The van der Waals surface area contributed by atoms with Gasteiger partial charge in [0.2, 0.25) is 0 Å². The van der Waals surface area contributed by atoms with Crippen molar-refractivity contribution in [1.82, 2.24) is 0 Å². The fraction of sp³-hybridized carbons (Fsp3) is 0.263. The summed E-state index contributed by atoms with van der Waals surface area (Å²) >= 11 is 12.2. The van der Waals surface area contributed by atoms with E-state index in [1.165, 1.54) is 12.1 Å². The zero-order chi connectivity index (χ0) is 19.1. The van der Waals surface area contributed by atoms with Crippen molar-refractivity contribution in [3.63, 3.8) is 0 Å². The summed E-state index contributed by atoms with van der Waals surface area (Å²) in [6.45, 7) is 3.82. The van der Waals surface area contributed by atoms with E-state index in [0.29, 0.717) is 28.4 Å². The van der Waals surface area contributed by atoms with E-state index in [-0.39, 0.29) is 17.5 Å². The minimum Gasteiger partial charge on any atom is -0.479 e. The molecule has 0 saturated heterocycles. The van der Waals surface area contributed by atoms with Gasteiger partial charge >= 0.3 is 5.97 Å². The molecule has 0 bridgehead atoms. The summed E-state index contributed by atoms with van der Waals surface area (Å²) in [5, 5.41) is 3.37. The Morgan fingerprint density at radius 1 is 1.08 bits per heavy atom. The molecule has 0 heterocycles. The highest BCUT2D eigenvalue weighted by Crippen LogP contribution is 2.27. The van der Waals surface area contributed by atoms with Crippen molar-refractivity contribution >= 4 is 40.8 Å². The average molecular weight is 396 g/mol. The maximum absolute atomic E-state index is 12.5. The molecule has 1 N–H and O–H groups in total. The Kier molecular flexibility index (Phi) is 7.30. The van der Waals surface area contributed by atoms with Crippen LogP contribution in [-0.4, -0.2) is 24.6 Å². The van der Waals surface area contributed by atoms with Gasteiger partial charge in [-0.05, 0) is 43.7 Å². The van der Waals surface area contributed by atoms with Gasteiger partial charge in [-0.3, -0.25) is 4.79 Å². The summed E-state index contributed by atoms with van der Waals surface area (Å²) in [7, 11) is 0. The SMILES string of the molecule is CCOC(=O)c1ccc(NC(=O)C(CC)Oc2ccccc2Cl)c(Cl)c1. The standard InChI is InChI=1S/C19H19Cl2NO4/c1-3-16(26-17-8-6-5-7-13(17)20)18(23)22-15-10-9-12(11-14(15)21)19(24)25-4-2/h5-11,16H,3-4H2,1-2H3,(H,22,23). The molecule has 0 aliphatic carbocycles. The lowest BCUT2D eigenvalue weighted by atomic mass is 10.2. The van der Waals surface area contributed by atoms with Crippen molar-refractivity contribution in [2.75, 3.05) is 11.9 Å². The van der Waals surface area contributed by atoms with Gasteiger partial charge < -0.3 is 14.8 Å². The zero-order valence-corrected chi connectivity index (χ0v) is 15.9.